The fourth-order valence-electron chi connectivity index (χ4n) is 2.11. The van der Waals surface area contributed by atoms with E-state index in [9.17, 15) is 0 Å². The maximum Gasteiger partial charge on any atom is 0.162 e. The van der Waals surface area contributed by atoms with E-state index in [0.29, 0.717) is 12.0 Å². The maximum atomic E-state index is 5.70. The molecule has 0 N–H and O–H groups in total. The minimum atomic E-state index is 0.179. The van der Waals surface area contributed by atoms with Crippen molar-refractivity contribution in [3.8, 4) is 0 Å². The molecule has 2 aliphatic rings. The van der Waals surface area contributed by atoms with Crippen LogP contribution in [-0.2, 0) is 4.74 Å². The van der Waals surface area contributed by atoms with Crippen LogP contribution in [0.3, 0.4) is 0 Å². The Morgan fingerprint density at radius 3 is 2.93 bits per heavy atom. The molecule has 2 atom stereocenters. The fraction of sp³-hybridized carbons (Fsp3) is 0.800. The third-order valence-electron chi connectivity index (χ3n) is 3.18. The first kappa shape index (κ1) is 8.41. The van der Waals surface area contributed by atoms with Crippen LogP contribution < -0.4 is 0 Å². The molecule has 3 rings (SSSR count). The molecule has 2 unspecified atom stereocenters. The van der Waals surface area contributed by atoms with Gasteiger partial charge < -0.3 is 9.30 Å². The average molecular weight is 193 g/mol. The van der Waals surface area contributed by atoms with Gasteiger partial charge in [-0.2, -0.15) is 0 Å². The topological polar surface area (TPSA) is 39.9 Å². The second-order valence-corrected chi connectivity index (χ2v) is 4.38. The smallest absolute Gasteiger partial charge is 0.162 e. The lowest BCUT2D eigenvalue weighted by molar-refractivity contribution is 0.0839. The Morgan fingerprint density at radius 1 is 1.43 bits per heavy atom. The van der Waals surface area contributed by atoms with Gasteiger partial charge in [0.25, 0.3) is 0 Å². The number of hydrogen-bond donors (Lipinski definition) is 0. The van der Waals surface area contributed by atoms with Crippen LogP contribution in [0.4, 0.5) is 0 Å². The molecule has 76 valence electrons. The predicted molar refractivity (Wildman–Crippen MR) is 50.8 cm³/mol. The molecule has 0 radical (unpaired) electrons. The van der Waals surface area contributed by atoms with Gasteiger partial charge in [0.15, 0.2) is 5.82 Å². The molecule has 0 amide bonds. The Hall–Kier alpha value is -0.900. The highest BCUT2D eigenvalue weighted by atomic mass is 16.5. The van der Waals surface area contributed by atoms with Crippen molar-refractivity contribution in [3.05, 3.63) is 12.2 Å². The number of ether oxygens (including phenoxy) is 1. The van der Waals surface area contributed by atoms with Gasteiger partial charge in [-0.25, -0.2) is 0 Å². The SMILES string of the molecule is CC1CCOC1c1nncn1C1CC1. The summed E-state index contributed by atoms with van der Waals surface area (Å²) in [5, 5.41) is 8.19. The van der Waals surface area contributed by atoms with E-state index >= 15 is 0 Å². The van der Waals surface area contributed by atoms with E-state index in [1.54, 1.807) is 0 Å². The first-order valence-electron chi connectivity index (χ1n) is 5.37. The molecule has 0 spiro atoms. The highest BCUT2D eigenvalue weighted by Crippen LogP contribution is 2.40. The molecule has 1 aromatic heterocycles. The van der Waals surface area contributed by atoms with E-state index < -0.39 is 0 Å². The summed E-state index contributed by atoms with van der Waals surface area (Å²) in [5.74, 6) is 1.62. The van der Waals surface area contributed by atoms with Crippen molar-refractivity contribution in [2.24, 2.45) is 5.92 Å². The highest BCUT2D eigenvalue weighted by molar-refractivity contribution is 5.01. The zero-order chi connectivity index (χ0) is 9.54. The molecule has 2 fully saturated rings. The molecule has 4 heteroatoms. The minimum Gasteiger partial charge on any atom is -0.370 e. The van der Waals surface area contributed by atoms with Gasteiger partial charge >= 0.3 is 0 Å². The zero-order valence-electron chi connectivity index (χ0n) is 8.39. The number of aromatic nitrogens is 3. The van der Waals surface area contributed by atoms with Crippen LogP contribution >= 0.6 is 0 Å². The number of hydrogen-bond acceptors (Lipinski definition) is 3. The largest absolute Gasteiger partial charge is 0.370 e. The molecule has 0 aromatic carbocycles. The standard InChI is InChI=1S/C10H15N3O/c1-7-4-5-14-9(7)10-12-11-6-13(10)8-2-3-8/h6-9H,2-5H2,1H3. The van der Waals surface area contributed by atoms with E-state index in [0.717, 1.165) is 18.9 Å². The molecular weight excluding hydrogens is 178 g/mol. The van der Waals surface area contributed by atoms with E-state index in [1.165, 1.54) is 12.8 Å². The van der Waals surface area contributed by atoms with Gasteiger partial charge in [-0.05, 0) is 25.2 Å². The minimum absolute atomic E-state index is 0.179. The Kier molecular flexibility index (Phi) is 1.83. The summed E-state index contributed by atoms with van der Waals surface area (Å²) in [6.45, 7) is 3.09. The van der Waals surface area contributed by atoms with Gasteiger partial charge in [0.2, 0.25) is 0 Å². The molecule has 14 heavy (non-hydrogen) atoms. The highest BCUT2D eigenvalue weighted by Gasteiger charge is 2.34. The molecule has 2 heterocycles. The van der Waals surface area contributed by atoms with Crippen molar-refractivity contribution in [1.29, 1.82) is 0 Å². The Morgan fingerprint density at radius 2 is 2.29 bits per heavy atom. The monoisotopic (exact) mass is 193 g/mol. The predicted octanol–water partition coefficient (Wildman–Crippen LogP) is 1.71. The molecule has 1 aliphatic carbocycles. The summed E-state index contributed by atoms with van der Waals surface area (Å²) < 4.78 is 7.91. The van der Waals surface area contributed by atoms with E-state index in [-0.39, 0.29) is 6.10 Å². The molecule has 0 bridgehead atoms. The second kappa shape index (κ2) is 3.05. The lowest BCUT2D eigenvalue weighted by Crippen LogP contribution is -2.11. The summed E-state index contributed by atoms with van der Waals surface area (Å²) in [6.07, 6.45) is 5.71. The third-order valence-corrected chi connectivity index (χ3v) is 3.18. The Labute approximate surface area is 83.3 Å². The van der Waals surface area contributed by atoms with E-state index in [2.05, 4.69) is 21.7 Å². The van der Waals surface area contributed by atoms with Gasteiger partial charge in [-0.1, -0.05) is 6.92 Å². The van der Waals surface area contributed by atoms with E-state index in [4.69, 9.17) is 4.74 Å². The normalized spacial score (nSPS) is 32.4. The van der Waals surface area contributed by atoms with Crippen molar-refractivity contribution >= 4 is 0 Å². The summed E-state index contributed by atoms with van der Waals surface area (Å²) in [5.41, 5.74) is 0. The lowest BCUT2D eigenvalue weighted by Gasteiger charge is -2.14. The van der Waals surface area contributed by atoms with Crippen molar-refractivity contribution in [1.82, 2.24) is 14.8 Å². The van der Waals surface area contributed by atoms with Gasteiger partial charge in [-0.3, -0.25) is 0 Å². The molecule has 4 nitrogen and oxygen atoms in total. The summed E-state index contributed by atoms with van der Waals surface area (Å²) in [7, 11) is 0. The third kappa shape index (κ3) is 1.25. The lowest BCUT2D eigenvalue weighted by atomic mass is 10.0. The fourth-order valence-corrected chi connectivity index (χ4v) is 2.11. The summed E-state index contributed by atoms with van der Waals surface area (Å²) >= 11 is 0. The molecule has 1 saturated heterocycles. The maximum absolute atomic E-state index is 5.70. The van der Waals surface area contributed by atoms with Crippen molar-refractivity contribution in [2.45, 2.75) is 38.3 Å². The van der Waals surface area contributed by atoms with Crippen LogP contribution in [-0.4, -0.2) is 21.4 Å². The summed E-state index contributed by atoms with van der Waals surface area (Å²) in [6, 6.07) is 0.649. The van der Waals surface area contributed by atoms with E-state index in [1.807, 2.05) is 6.33 Å². The van der Waals surface area contributed by atoms with Crippen LogP contribution in [0, 0.1) is 5.92 Å². The Balaban J connectivity index is 1.90. The van der Waals surface area contributed by atoms with Crippen LogP contribution in [0.15, 0.2) is 6.33 Å². The van der Waals surface area contributed by atoms with Gasteiger partial charge in [0.05, 0.1) is 0 Å². The zero-order valence-corrected chi connectivity index (χ0v) is 8.39. The van der Waals surface area contributed by atoms with Gasteiger partial charge in [0.1, 0.15) is 12.4 Å². The van der Waals surface area contributed by atoms with Crippen LogP contribution in [0.25, 0.3) is 0 Å². The van der Waals surface area contributed by atoms with Crippen molar-refractivity contribution < 1.29 is 4.74 Å². The molecular formula is C10H15N3O. The number of nitrogens with zero attached hydrogens (tertiary/aromatic N) is 3. The van der Waals surface area contributed by atoms with Crippen molar-refractivity contribution in [3.63, 3.8) is 0 Å². The molecule has 1 saturated carbocycles. The first-order valence-corrected chi connectivity index (χ1v) is 5.37. The van der Waals surface area contributed by atoms with Crippen LogP contribution in [0.1, 0.15) is 44.2 Å². The average Bonchev–Trinajstić information content (AvgIpc) is 2.75. The summed E-state index contributed by atoms with van der Waals surface area (Å²) in [4.78, 5) is 0. The quantitative estimate of drug-likeness (QED) is 0.717. The van der Waals surface area contributed by atoms with Crippen LogP contribution in [0.5, 0.6) is 0 Å². The Bertz CT molecular complexity index is 332. The second-order valence-electron chi connectivity index (χ2n) is 4.38. The first-order chi connectivity index (χ1) is 6.86. The molecule has 1 aliphatic heterocycles. The molecule has 1 aromatic rings. The van der Waals surface area contributed by atoms with Gasteiger partial charge in [0, 0.05) is 12.6 Å². The van der Waals surface area contributed by atoms with Crippen LogP contribution in [0.2, 0.25) is 0 Å². The van der Waals surface area contributed by atoms with Gasteiger partial charge in [-0.15, -0.1) is 10.2 Å². The van der Waals surface area contributed by atoms with Crippen molar-refractivity contribution in [2.75, 3.05) is 6.61 Å². The number of rotatable bonds is 2.